The summed E-state index contributed by atoms with van der Waals surface area (Å²) >= 11 is 0. The van der Waals surface area contributed by atoms with Gasteiger partial charge in [0.2, 0.25) is 15.9 Å². The highest BCUT2D eigenvalue weighted by molar-refractivity contribution is 7.89. The van der Waals surface area contributed by atoms with Gasteiger partial charge in [-0.3, -0.25) is 9.59 Å². The van der Waals surface area contributed by atoms with Crippen molar-refractivity contribution in [2.45, 2.75) is 17.7 Å². The molecule has 0 atom stereocenters. The average molecular weight is 422 g/mol. The molecule has 9 heteroatoms. The van der Waals surface area contributed by atoms with Crippen LogP contribution in [0.3, 0.4) is 0 Å². The van der Waals surface area contributed by atoms with Gasteiger partial charge in [-0.15, -0.1) is 0 Å². The molecule has 1 amide bonds. The fraction of sp³-hybridized carbons (Fsp3) is 0.300. The van der Waals surface area contributed by atoms with Gasteiger partial charge in [0.15, 0.2) is 5.78 Å². The van der Waals surface area contributed by atoms with E-state index in [1.54, 1.807) is 30.3 Å². The van der Waals surface area contributed by atoms with E-state index in [9.17, 15) is 26.8 Å². The quantitative estimate of drug-likeness (QED) is 0.671. The van der Waals surface area contributed by atoms with Gasteiger partial charge in [-0.25, -0.2) is 17.2 Å². The van der Waals surface area contributed by atoms with Gasteiger partial charge in [0.1, 0.15) is 16.5 Å². The molecule has 1 aliphatic rings. The zero-order chi connectivity index (χ0) is 21.0. The van der Waals surface area contributed by atoms with Crippen molar-refractivity contribution >= 4 is 21.7 Å². The smallest absolute Gasteiger partial charge is 0.246 e. The molecule has 3 rings (SSSR count). The lowest BCUT2D eigenvalue weighted by Gasteiger charge is -2.34. The van der Waals surface area contributed by atoms with Crippen LogP contribution in [0.15, 0.2) is 53.4 Å². The number of piperazine rings is 1. The highest BCUT2D eigenvalue weighted by atomic mass is 32.2. The molecule has 1 aliphatic heterocycles. The molecule has 0 saturated carbocycles. The van der Waals surface area contributed by atoms with Crippen LogP contribution < -0.4 is 0 Å². The molecule has 1 fully saturated rings. The predicted molar refractivity (Wildman–Crippen MR) is 102 cm³/mol. The van der Waals surface area contributed by atoms with E-state index in [1.807, 2.05) is 0 Å². The van der Waals surface area contributed by atoms with Crippen molar-refractivity contribution in [3.05, 3.63) is 65.7 Å². The number of carbonyl (C=O) groups is 2. The highest BCUT2D eigenvalue weighted by Gasteiger charge is 2.32. The lowest BCUT2D eigenvalue weighted by Crippen LogP contribution is -2.50. The maximum absolute atomic E-state index is 13.9. The van der Waals surface area contributed by atoms with E-state index in [0.717, 1.165) is 16.4 Å². The molecule has 29 heavy (non-hydrogen) atoms. The molecule has 0 unspecified atom stereocenters. The number of amides is 1. The summed E-state index contributed by atoms with van der Waals surface area (Å²) in [7, 11) is -4.12. The Morgan fingerprint density at radius 1 is 0.897 bits per heavy atom. The van der Waals surface area contributed by atoms with Crippen LogP contribution in [0.4, 0.5) is 8.78 Å². The van der Waals surface area contributed by atoms with Gasteiger partial charge < -0.3 is 4.90 Å². The molecule has 0 bridgehead atoms. The van der Waals surface area contributed by atoms with Crippen molar-refractivity contribution in [3.63, 3.8) is 0 Å². The maximum Gasteiger partial charge on any atom is 0.246 e. The number of sulfonamides is 1. The molecule has 154 valence electrons. The minimum Gasteiger partial charge on any atom is -0.340 e. The largest absolute Gasteiger partial charge is 0.340 e. The normalized spacial score (nSPS) is 15.3. The number of Topliss-reactive ketones (excluding diaryl/α,β-unsaturated/α-hetero) is 1. The van der Waals surface area contributed by atoms with Crippen LogP contribution >= 0.6 is 0 Å². The average Bonchev–Trinajstić information content (AvgIpc) is 2.72. The van der Waals surface area contributed by atoms with E-state index in [4.69, 9.17) is 0 Å². The number of halogens is 2. The Balaban J connectivity index is 1.55. The van der Waals surface area contributed by atoms with Gasteiger partial charge in [-0.1, -0.05) is 30.3 Å². The van der Waals surface area contributed by atoms with E-state index in [2.05, 4.69) is 0 Å². The molecule has 0 N–H and O–H groups in total. The van der Waals surface area contributed by atoms with Crippen LogP contribution in [0, 0.1) is 11.6 Å². The summed E-state index contributed by atoms with van der Waals surface area (Å²) in [5.74, 6) is -2.38. The number of benzene rings is 2. The van der Waals surface area contributed by atoms with E-state index in [1.165, 1.54) is 4.90 Å². The fourth-order valence-corrected chi connectivity index (χ4v) is 4.62. The second-order valence-corrected chi connectivity index (χ2v) is 8.56. The summed E-state index contributed by atoms with van der Waals surface area (Å²) < 4.78 is 53.2. The summed E-state index contributed by atoms with van der Waals surface area (Å²) in [6.45, 7) is 0.274. The van der Waals surface area contributed by atoms with Crippen molar-refractivity contribution in [2.75, 3.05) is 26.2 Å². The van der Waals surface area contributed by atoms with Gasteiger partial charge >= 0.3 is 0 Å². The SMILES string of the molecule is O=C(CCC(=O)N1CCN(S(=O)(=O)c2ccc(F)cc2F)CC1)c1ccccc1. The lowest BCUT2D eigenvalue weighted by atomic mass is 10.1. The summed E-state index contributed by atoms with van der Waals surface area (Å²) in [6, 6.07) is 11.0. The van der Waals surface area contributed by atoms with Crippen molar-refractivity contribution in [1.82, 2.24) is 9.21 Å². The number of ketones is 1. The predicted octanol–water partition coefficient (Wildman–Crippen LogP) is 2.46. The maximum atomic E-state index is 13.9. The molecule has 0 spiro atoms. The molecule has 6 nitrogen and oxygen atoms in total. The first kappa shape index (κ1) is 21.1. The number of hydrogen-bond acceptors (Lipinski definition) is 4. The van der Waals surface area contributed by atoms with Gasteiger partial charge in [0.05, 0.1) is 0 Å². The van der Waals surface area contributed by atoms with Gasteiger partial charge in [0, 0.05) is 50.7 Å². The molecule has 2 aromatic carbocycles. The fourth-order valence-electron chi connectivity index (χ4n) is 3.15. The van der Waals surface area contributed by atoms with Gasteiger partial charge in [0.25, 0.3) is 0 Å². The third-order valence-electron chi connectivity index (χ3n) is 4.76. The summed E-state index contributed by atoms with van der Waals surface area (Å²) in [5.41, 5.74) is 0.539. The third-order valence-corrected chi connectivity index (χ3v) is 6.70. The Labute approximate surface area is 167 Å². The Morgan fingerprint density at radius 2 is 1.55 bits per heavy atom. The Kier molecular flexibility index (Phi) is 6.39. The Bertz CT molecular complexity index is 1000. The second-order valence-electron chi connectivity index (χ2n) is 6.65. The number of rotatable bonds is 6. The summed E-state index contributed by atoms with van der Waals surface area (Å²) in [6.07, 6.45) is 0.106. The molecule has 0 aliphatic carbocycles. The molecule has 2 aromatic rings. The third kappa shape index (κ3) is 4.86. The number of carbonyl (C=O) groups excluding carboxylic acids is 2. The topological polar surface area (TPSA) is 74.8 Å². The zero-order valence-corrected chi connectivity index (χ0v) is 16.4. The highest BCUT2D eigenvalue weighted by Crippen LogP contribution is 2.21. The van der Waals surface area contributed by atoms with Crippen molar-refractivity contribution in [2.24, 2.45) is 0 Å². The minimum atomic E-state index is -4.12. The first-order valence-electron chi connectivity index (χ1n) is 9.10. The number of nitrogens with zero attached hydrogens (tertiary/aromatic N) is 2. The van der Waals surface area contributed by atoms with E-state index >= 15 is 0 Å². The standard InChI is InChI=1S/C20H20F2N2O4S/c21-16-6-8-19(17(22)14-16)29(27,28)24-12-10-23(11-13-24)20(26)9-7-18(25)15-4-2-1-3-5-15/h1-6,8,14H,7,9-13H2. The zero-order valence-electron chi connectivity index (χ0n) is 15.6. The molecule has 0 radical (unpaired) electrons. The van der Waals surface area contributed by atoms with Crippen molar-refractivity contribution in [3.8, 4) is 0 Å². The molecular weight excluding hydrogens is 402 g/mol. The first-order chi connectivity index (χ1) is 13.8. The van der Waals surface area contributed by atoms with E-state index < -0.39 is 26.6 Å². The van der Waals surface area contributed by atoms with E-state index in [0.29, 0.717) is 11.6 Å². The van der Waals surface area contributed by atoms with Crippen LogP contribution in [0.2, 0.25) is 0 Å². The number of hydrogen-bond donors (Lipinski definition) is 0. The van der Waals surface area contributed by atoms with Gasteiger partial charge in [-0.2, -0.15) is 4.31 Å². The second kappa shape index (κ2) is 8.79. The van der Waals surface area contributed by atoms with Crippen molar-refractivity contribution < 1.29 is 26.8 Å². The lowest BCUT2D eigenvalue weighted by molar-refractivity contribution is -0.132. The van der Waals surface area contributed by atoms with Crippen molar-refractivity contribution in [1.29, 1.82) is 0 Å². The van der Waals surface area contributed by atoms with Crippen LogP contribution in [0.1, 0.15) is 23.2 Å². The monoisotopic (exact) mass is 422 g/mol. The Morgan fingerprint density at radius 3 is 2.17 bits per heavy atom. The minimum absolute atomic E-state index is 0.00246. The van der Waals surface area contributed by atoms with Crippen LogP contribution in [0.5, 0.6) is 0 Å². The van der Waals surface area contributed by atoms with Crippen LogP contribution in [0.25, 0.3) is 0 Å². The molecular formula is C20H20F2N2O4S. The summed E-state index contributed by atoms with van der Waals surface area (Å²) in [4.78, 5) is 25.4. The Hall–Kier alpha value is -2.65. The first-order valence-corrected chi connectivity index (χ1v) is 10.5. The van der Waals surface area contributed by atoms with E-state index in [-0.39, 0.29) is 50.7 Å². The molecule has 0 aromatic heterocycles. The van der Waals surface area contributed by atoms with Crippen LogP contribution in [-0.4, -0.2) is 55.5 Å². The van der Waals surface area contributed by atoms with Gasteiger partial charge in [-0.05, 0) is 12.1 Å². The van der Waals surface area contributed by atoms with Crippen LogP contribution in [-0.2, 0) is 14.8 Å². The molecule has 1 heterocycles. The molecule has 1 saturated heterocycles. The summed E-state index contributed by atoms with van der Waals surface area (Å²) in [5, 5.41) is 0.